The fourth-order valence-electron chi connectivity index (χ4n) is 2.45. The Balaban J connectivity index is 1.87. The largest absolute Gasteiger partial charge is 0.351 e. The van der Waals surface area contributed by atoms with Crippen molar-refractivity contribution in [1.29, 1.82) is 0 Å². The third-order valence-corrected chi connectivity index (χ3v) is 3.63. The SMILES string of the molecule is NCC(=O)NC1CCCN(Cc2ccc(Cl)cc2)C1. The van der Waals surface area contributed by atoms with Crippen LogP contribution in [0, 0.1) is 0 Å². The Bertz CT molecular complexity index is 421. The Kier molecular flexibility index (Phi) is 5.19. The molecule has 1 aromatic rings. The van der Waals surface area contributed by atoms with E-state index in [1.165, 1.54) is 5.56 Å². The van der Waals surface area contributed by atoms with Gasteiger partial charge in [-0.3, -0.25) is 9.69 Å². The van der Waals surface area contributed by atoms with E-state index in [1.54, 1.807) is 0 Å². The number of hydrogen-bond acceptors (Lipinski definition) is 3. The lowest BCUT2D eigenvalue weighted by atomic mass is 10.0. The van der Waals surface area contributed by atoms with E-state index in [0.29, 0.717) is 0 Å². The molecule has 0 saturated carbocycles. The molecule has 5 heteroatoms. The summed E-state index contributed by atoms with van der Waals surface area (Å²) in [5, 5.41) is 3.73. The zero-order chi connectivity index (χ0) is 13.7. The van der Waals surface area contributed by atoms with E-state index in [9.17, 15) is 4.79 Å². The maximum Gasteiger partial charge on any atom is 0.233 e. The molecule has 1 aliphatic heterocycles. The monoisotopic (exact) mass is 281 g/mol. The molecule has 0 aromatic heterocycles. The van der Waals surface area contributed by atoms with Crippen LogP contribution in [-0.4, -0.2) is 36.5 Å². The molecule has 1 unspecified atom stereocenters. The lowest BCUT2D eigenvalue weighted by Gasteiger charge is -2.33. The van der Waals surface area contributed by atoms with Gasteiger partial charge in [-0.25, -0.2) is 0 Å². The molecule has 1 saturated heterocycles. The summed E-state index contributed by atoms with van der Waals surface area (Å²) in [6.45, 7) is 2.91. The van der Waals surface area contributed by atoms with Gasteiger partial charge in [0.05, 0.1) is 6.54 Å². The molecule has 1 fully saturated rings. The molecule has 0 radical (unpaired) electrons. The van der Waals surface area contributed by atoms with Crippen molar-refractivity contribution in [1.82, 2.24) is 10.2 Å². The third kappa shape index (κ3) is 4.49. The normalized spacial score (nSPS) is 20.2. The minimum Gasteiger partial charge on any atom is -0.351 e. The van der Waals surface area contributed by atoms with Crippen LogP contribution in [0.2, 0.25) is 5.02 Å². The van der Waals surface area contributed by atoms with Crippen LogP contribution in [0.3, 0.4) is 0 Å². The third-order valence-electron chi connectivity index (χ3n) is 3.38. The molecular formula is C14H20ClN3O. The van der Waals surface area contributed by atoms with Crippen molar-refractivity contribution in [3.8, 4) is 0 Å². The second-order valence-corrected chi connectivity index (χ2v) is 5.41. The second kappa shape index (κ2) is 6.89. The Labute approximate surface area is 118 Å². The molecule has 1 aliphatic rings. The first-order valence-electron chi connectivity index (χ1n) is 6.63. The first-order chi connectivity index (χ1) is 9.17. The Morgan fingerprint density at radius 3 is 2.84 bits per heavy atom. The number of hydrogen-bond donors (Lipinski definition) is 2. The van der Waals surface area contributed by atoms with E-state index in [0.717, 1.165) is 37.5 Å². The number of benzene rings is 1. The highest BCUT2D eigenvalue weighted by molar-refractivity contribution is 6.30. The quantitative estimate of drug-likeness (QED) is 0.877. The summed E-state index contributed by atoms with van der Waals surface area (Å²) < 4.78 is 0. The van der Waals surface area contributed by atoms with Crippen LogP contribution < -0.4 is 11.1 Å². The summed E-state index contributed by atoms with van der Waals surface area (Å²) in [5.41, 5.74) is 6.57. The van der Waals surface area contributed by atoms with Crippen LogP contribution in [0.25, 0.3) is 0 Å². The highest BCUT2D eigenvalue weighted by Gasteiger charge is 2.20. The molecule has 2 rings (SSSR count). The van der Waals surface area contributed by atoms with E-state index in [2.05, 4.69) is 10.2 Å². The molecule has 104 valence electrons. The van der Waals surface area contributed by atoms with Gasteiger partial charge in [0, 0.05) is 24.2 Å². The molecule has 1 heterocycles. The molecular weight excluding hydrogens is 262 g/mol. The van der Waals surface area contributed by atoms with Gasteiger partial charge in [-0.15, -0.1) is 0 Å². The van der Waals surface area contributed by atoms with Crippen molar-refractivity contribution in [2.24, 2.45) is 5.73 Å². The van der Waals surface area contributed by atoms with Gasteiger partial charge >= 0.3 is 0 Å². The smallest absolute Gasteiger partial charge is 0.233 e. The number of carbonyl (C=O) groups is 1. The standard InChI is InChI=1S/C14H20ClN3O/c15-12-5-3-11(4-6-12)9-18-7-1-2-13(10-18)17-14(19)8-16/h3-6,13H,1-2,7-10,16H2,(H,17,19). The van der Waals surface area contributed by atoms with E-state index >= 15 is 0 Å². The minimum absolute atomic E-state index is 0.0632. The van der Waals surface area contributed by atoms with Crippen LogP contribution in [0.4, 0.5) is 0 Å². The maximum absolute atomic E-state index is 11.3. The summed E-state index contributed by atoms with van der Waals surface area (Å²) in [4.78, 5) is 13.7. The van der Waals surface area contributed by atoms with Gasteiger partial charge in [0.25, 0.3) is 0 Å². The van der Waals surface area contributed by atoms with E-state index in [4.69, 9.17) is 17.3 Å². The first-order valence-corrected chi connectivity index (χ1v) is 7.01. The van der Waals surface area contributed by atoms with Gasteiger partial charge < -0.3 is 11.1 Å². The lowest BCUT2D eigenvalue weighted by molar-refractivity contribution is -0.120. The Morgan fingerprint density at radius 2 is 2.16 bits per heavy atom. The number of nitrogens with zero attached hydrogens (tertiary/aromatic N) is 1. The number of piperidine rings is 1. The zero-order valence-electron chi connectivity index (χ0n) is 10.9. The number of nitrogens with one attached hydrogen (secondary N) is 1. The van der Waals surface area contributed by atoms with E-state index < -0.39 is 0 Å². The van der Waals surface area contributed by atoms with E-state index in [-0.39, 0.29) is 18.5 Å². The van der Waals surface area contributed by atoms with Crippen molar-refractivity contribution < 1.29 is 4.79 Å². The number of rotatable bonds is 4. The minimum atomic E-state index is -0.0710. The number of carbonyl (C=O) groups excluding carboxylic acids is 1. The van der Waals surface area contributed by atoms with Crippen molar-refractivity contribution in [3.05, 3.63) is 34.9 Å². The van der Waals surface area contributed by atoms with Crippen LogP contribution in [0.1, 0.15) is 18.4 Å². The van der Waals surface area contributed by atoms with Crippen LogP contribution in [-0.2, 0) is 11.3 Å². The topological polar surface area (TPSA) is 58.4 Å². The number of nitrogens with two attached hydrogens (primary N) is 1. The van der Waals surface area contributed by atoms with Gasteiger partial charge in [-0.1, -0.05) is 23.7 Å². The highest BCUT2D eigenvalue weighted by Crippen LogP contribution is 2.15. The molecule has 19 heavy (non-hydrogen) atoms. The average Bonchev–Trinajstić information content (AvgIpc) is 2.42. The molecule has 3 N–H and O–H groups in total. The second-order valence-electron chi connectivity index (χ2n) is 4.97. The van der Waals surface area contributed by atoms with Gasteiger partial charge in [-0.2, -0.15) is 0 Å². The van der Waals surface area contributed by atoms with Gasteiger partial charge in [-0.05, 0) is 37.1 Å². The number of amides is 1. The van der Waals surface area contributed by atoms with Crippen molar-refractivity contribution in [3.63, 3.8) is 0 Å². The first kappa shape index (κ1) is 14.3. The maximum atomic E-state index is 11.3. The molecule has 0 bridgehead atoms. The van der Waals surface area contributed by atoms with Crippen molar-refractivity contribution in [2.75, 3.05) is 19.6 Å². The number of halogens is 1. The molecule has 1 amide bonds. The summed E-state index contributed by atoms with van der Waals surface area (Å²) in [5.74, 6) is -0.0710. The van der Waals surface area contributed by atoms with Crippen LogP contribution in [0.5, 0.6) is 0 Å². The molecule has 0 spiro atoms. The van der Waals surface area contributed by atoms with Gasteiger partial charge in [0.1, 0.15) is 0 Å². The van der Waals surface area contributed by atoms with Crippen molar-refractivity contribution >= 4 is 17.5 Å². The van der Waals surface area contributed by atoms with Gasteiger partial charge in [0.2, 0.25) is 5.91 Å². The summed E-state index contributed by atoms with van der Waals surface area (Å²) in [6, 6.07) is 8.13. The summed E-state index contributed by atoms with van der Waals surface area (Å²) in [6.07, 6.45) is 2.13. The predicted molar refractivity (Wildman–Crippen MR) is 76.9 cm³/mol. The van der Waals surface area contributed by atoms with Crippen molar-refractivity contribution in [2.45, 2.75) is 25.4 Å². The highest BCUT2D eigenvalue weighted by atomic mass is 35.5. The summed E-state index contributed by atoms with van der Waals surface area (Å²) in [7, 11) is 0. The Hall–Kier alpha value is -1.10. The molecule has 4 nitrogen and oxygen atoms in total. The Morgan fingerprint density at radius 1 is 1.42 bits per heavy atom. The van der Waals surface area contributed by atoms with Gasteiger partial charge in [0.15, 0.2) is 0 Å². The molecule has 1 aromatic carbocycles. The predicted octanol–water partition coefficient (Wildman–Crippen LogP) is 1.38. The lowest BCUT2D eigenvalue weighted by Crippen LogP contribution is -2.48. The van der Waals surface area contributed by atoms with Crippen LogP contribution >= 0.6 is 11.6 Å². The van der Waals surface area contributed by atoms with E-state index in [1.807, 2.05) is 24.3 Å². The number of likely N-dealkylation sites (tertiary alicyclic amines) is 1. The fourth-order valence-corrected chi connectivity index (χ4v) is 2.58. The average molecular weight is 282 g/mol. The van der Waals surface area contributed by atoms with Crippen LogP contribution in [0.15, 0.2) is 24.3 Å². The zero-order valence-corrected chi connectivity index (χ0v) is 11.7. The summed E-state index contributed by atoms with van der Waals surface area (Å²) >= 11 is 5.88. The molecule has 1 atom stereocenters. The molecule has 0 aliphatic carbocycles. The fraction of sp³-hybridized carbons (Fsp3) is 0.500.